The van der Waals surface area contributed by atoms with Crippen molar-refractivity contribution in [1.29, 1.82) is 0 Å². The van der Waals surface area contributed by atoms with E-state index in [1.54, 1.807) is 4.90 Å². The van der Waals surface area contributed by atoms with E-state index in [9.17, 15) is 9.59 Å². The molecule has 0 aromatic heterocycles. The maximum Gasteiger partial charge on any atom is 0.242 e. The quantitative estimate of drug-likeness (QED) is 0.846. The molecule has 1 aliphatic rings. The van der Waals surface area contributed by atoms with Crippen LogP contribution in [0.3, 0.4) is 0 Å². The van der Waals surface area contributed by atoms with Crippen molar-refractivity contribution in [2.45, 2.75) is 26.3 Å². The molecule has 0 aliphatic carbocycles. The van der Waals surface area contributed by atoms with Gasteiger partial charge in [0.2, 0.25) is 11.8 Å². The van der Waals surface area contributed by atoms with Crippen molar-refractivity contribution in [1.82, 2.24) is 9.80 Å². The number of carbonyl (C=O) groups is 2. The van der Waals surface area contributed by atoms with Crippen LogP contribution in [0, 0.1) is 0 Å². The predicted molar refractivity (Wildman–Crippen MR) is 81.3 cm³/mol. The zero-order valence-electron chi connectivity index (χ0n) is 11.8. The molecule has 1 fully saturated rings. The van der Waals surface area contributed by atoms with Crippen LogP contribution in [0.5, 0.6) is 0 Å². The first-order valence-electron chi connectivity index (χ1n) is 6.79. The van der Waals surface area contributed by atoms with E-state index in [1.807, 2.05) is 43.0 Å². The van der Waals surface area contributed by atoms with Crippen LogP contribution in [0.2, 0.25) is 0 Å². The van der Waals surface area contributed by atoms with E-state index < -0.39 is 0 Å². The van der Waals surface area contributed by atoms with E-state index in [1.165, 1.54) is 0 Å². The number of amides is 2. The zero-order chi connectivity index (χ0) is 14.7. The maximum atomic E-state index is 12.2. The molecule has 1 saturated heterocycles. The number of hydrogen-bond acceptors (Lipinski definition) is 2. The largest absolute Gasteiger partial charge is 0.337 e. The highest BCUT2D eigenvalue weighted by Crippen LogP contribution is 2.13. The van der Waals surface area contributed by atoms with E-state index >= 15 is 0 Å². The Balaban J connectivity index is 1.94. The molecular weight excluding hydrogens is 320 g/mol. The van der Waals surface area contributed by atoms with Crippen LogP contribution in [-0.4, -0.2) is 47.3 Å². The van der Waals surface area contributed by atoms with Gasteiger partial charge in [0.15, 0.2) is 0 Å². The molecule has 4 nitrogen and oxygen atoms in total. The Kier molecular flexibility index (Phi) is 4.81. The molecule has 1 aliphatic heterocycles. The van der Waals surface area contributed by atoms with E-state index in [0.29, 0.717) is 19.5 Å². The van der Waals surface area contributed by atoms with E-state index in [-0.39, 0.29) is 24.4 Å². The lowest BCUT2D eigenvalue weighted by molar-refractivity contribution is -0.146. The van der Waals surface area contributed by atoms with Crippen LogP contribution in [0.15, 0.2) is 28.7 Å². The third-order valence-corrected chi connectivity index (χ3v) is 4.03. The van der Waals surface area contributed by atoms with Gasteiger partial charge in [-0.15, -0.1) is 0 Å². The molecule has 0 bridgehead atoms. The lowest BCUT2D eigenvalue weighted by atomic mass is 10.1. The highest BCUT2D eigenvalue weighted by atomic mass is 79.9. The van der Waals surface area contributed by atoms with E-state index in [0.717, 1.165) is 10.0 Å². The van der Waals surface area contributed by atoms with Gasteiger partial charge in [-0.05, 0) is 31.5 Å². The Morgan fingerprint density at radius 2 is 1.90 bits per heavy atom. The van der Waals surface area contributed by atoms with Crippen LogP contribution in [0.4, 0.5) is 0 Å². The van der Waals surface area contributed by atoms with Crippen molar-refractivity contribution < 1.29 is 9.59 Å². The summed E-state index contributed by atoms with van der Waals surface area (Å²) >= 11 is 3.37. The van der Waals surface area contributed by atoms with Gasteiger partial charge in [0.25, 0.3) is 0 Å². The zero-order valence-corrected chi connectivity index (χ0v) is 13.4. The number of piperazine rings is 1. The average molecular weight is 339 g/mol. The predicted octanol–water partition coefficient (Wildman–Crippen LogP) is 2.07. The molecule has 0 atom stereocenters. The van der Waals surface area contributed by atoms with Crippen molar-refractivity contribution in [3.05, 3.63) is 34.3 Å². The van der Waals surface area contributed by atoms with Crippen molar-refractivity contribution >= 4 is 27.7 Å². The smallest absolute Gasteiger partial charge is 0.242 e. The topological polar surface area (TPSA) is 40.6 Å². The molecule has 0 N–H and O–H groups in total. The average Bonchev–Trinajstić information content (AvgIpc) is 2.40. The molecule has 20 heavy (non-hydrogen) atoms. The number of rotatable bonds is 3. The second-order valence-corrected chi connectivity index (χ2v) is 6.22. The summed E-state index contributed by atoms with van der Waals surface area (Å²) in [5, 5.41) is 0. The lowest BCUT2D eigenvalue weighted by Gasteiger charge is -2.36. The molecular formula is C15H19BrN2O2. The fourth-order valence-electron chi connectivity index (χ4n) is 2.33. The summed E-state index contributed by atoms with van der Waals surface area (Å²) in [5.41, 5.74) is 0.969. The van der Waals surface area contributed by atoms with Gasteiger partial charge >= 0.3 is 0 Å². The molecule has 0 spiro atoms. The van der Waals surface area contributed by atoms with E-state index in [4.69, 9.17) is 0 Å². The van der Waals surface area contributed by atoms with Crippen LogP contribution in [0.1, 0.15) is 19.4 Å². The third kappa shape index (κ3) is 3.60. The highest BCUT2D eigenvalue weighted by Gasteiger charge is 2.28. The van der Waals surface area contributed by atoms with Gasteiger partial charge in [0, 0.05) is 23.6 Å². The van der Waals surface area contributed by atoms with Crippen molar-refractivity contribution in [3.63, 3.8) is 0 Å². The number of nitrogens with zero attached hydrogens (tertiary/aromatic N) is 2. The Labute approximate surface area is 127 Å². The Morgan fingerprint density at radius 1 is 1.25 bits per heavy atom. The second kappa shape index (κ2) is 6.39. The van der Waals surface area contributed by atoms with Gasteiger partial charge in [-0.1, -0.05) is 28.1 Å². The van der Waals surface area contributed by atoms with Gasteiger partial charge in [-0.3, -0.25) is 9.59 Å². The van der Waals surface area contributed by atoms with Crippen molar-refractivity contribution in [2.24, 2.45) is 0 Å². The number of benzene rings is 1. The lowest BCUT2D eigenvalue weighted by Crippen LogP contribution is -2.54. The number of halogens is 1. The van der Waals surface area contributed by atoms with Crippen LogP contribution < -0.4 is 0 Å². The first-order valence-corrected chi connectivity index (χ1v) is 7.58. The monoisotopic (exact) mass is 338 g/mol. The first-order chi connectivity index (χ1) is 9.47. The molecule has 108 valence electrons. The van der Waals surface area contributed by atoms with Crippen LogP contribution in [0.25, 0.3) is 0 Å². The summed E-state index contributed by atoms with van der Waals surface area (Å²) in [6, 6.07) is 7.89. The molecule has 2 rings (SSSR count). The molecule has 5 heteroatoms. The van der Waals surface area contributed by atoms with Gasteiger partial charge in [0.05, 0.1) is 13.0 Å². The molecule has 0 unspecified atom stereocenters. The fourth-order valence-corrected chi connectivity index (χ4v) is 2.60. The Hall–Kier alpha value is -1.36. The summed E-state index contributed by atoms with van der Waals surface area (Å²) in [6.45, 7) is 5.45. The number of hydrogen-bond donors (Lipinski definition) is 0. The summed E-state index contributed by atoms with van der Waals surface area (Å²) in [6.07, 6.45) is 0.349. The minimum Gasteiger partial charge on any atom is -0.337 e. The highest BCUT2D eigenvalue weighted by molar-refractivity contribution is 9.10. The molecule has 1 aromatic rings. The molecule has 0 saturated carbocycles. The first kappa shape index (κ1) is 15.0. The van der Waals surface area contributed by atoms with Crippen molar-refractivity contribution in [3.8, 4) is 0 Å². The molecule has 2 amide bonds. The van der Waals surface area contributed by atoms with Gasteiger partial charge in [0.1, 0.15) is 0 Å². The second-order valence-electron chi connectivity index (χ2n) is 5.30. The SMILES string of the molecule is CC(C)N1CCN(C(=O)Cc2ccc(Br)cc2)CC1=O. The maximum absolute atomic E-state index is 12.2. The van der Waals surface area contributed by atoms with Gasteiger partial charge in [-0.25, -0.2) is 0 Å². The fraction of sp³-hybridized carbons (Fsp3) is 0.467. The molecule has 1 aromatic carbocycles. The summed E-state index contributed by atoms with van der Waals surface area (Å²) in [4.78, 5) is 27.7. The van der Waals surface area contributed by atoms with Crippen LogP contribution in [-0.2, 0) is 16.0 Å². The van der Waals surface area contributed by atoms with Gasteiger partial charge < -0.3 is 9.80 Å². The Morgan fingerprint density at radius 3 is 2.45 bits per heavy atom. The summed E-state index contributed by atoms with van der Waals surface area (Å²) in [7, 11) is 0. The summed E-state index contributed by atoms with van der Waals surface area (Å²) in [5.74, 6) is 0.0551. The normalized spacial score (nSPS) is 15.9. The van der Waals surface area contributed by atoms with Crippen LogP contribution >= 0.6 is 15.9 Å². The minimum absolute atomic E-state index is 0.0177. The molecule has 0 radical (unpaired) electrons. The third-order valence-electron chi connectivity index (χ3n) is 3.50. The number of carbonyl (C=O) groups excluding carboxylic acids is 2. The van der Waals surface area contributed by atoms with Gasteiger partial charge in [-0.2, -0.15) is 0 Å². The molecule has 1 heterocycles. The summed E-state index contributed by atoms with van der Waals surface area (Å²) < 4.78 is 0.995. The standard InChI is InChI=1S/C15H19BrN2O2/c1-11(2)18-8-7-17(10-15(18)20)14(19)9-12-3-5-13(16)6-4-12/h3-6,11H,7-10H2,1-2H3. The Bertz CT molecular complexity index is 499. The van der Waals surface area contributed by atoms with Crippen molar-refractivity contribution in [2.75, 3.05) is 19.6 Å². The van der Waals surface area contributed by atoms with E-state index in [2.05, 4.69) is 15.9 Å². The minimum atomic E-state index is 0.0177.